The maximum Gasteiger partial charge on any atom is 0.411 e. The molecule has 0 spiro atoms. The van der Waals surface area contributed by atoms with Gasteiger partial charge in [-0.15, -0.1) is 0 Å². The van der Waals surface area contributed by atoms with Gasteiger partial charge in [0.15, 0.2) is 0 Å². The van der Waals surface area contributed by atoms with Crippen molar-refractivity contribution in [1.29, 1.82) is 0 Å². The van der Waals surface area contributed by atoms with Crippen LogP contribution in [-0.2, 0) is 16.1 Å². The van der Waals surface area contributed by atoms with Crippen molar-refractivity contribution in [3.63, 3.8) is 0 Å². The molecular weight excluding hydrogens is 386 g/mol. The number of carbonyl (C=O) groups excluding carboxylic acids is 2. The topological polar surface area (TPSA) is 55.4 Å². The van der Waals surface area contributed by atoms with Crippen LogP contribution in [0.25, 0.3) is 0 Å². The Hall–Kier alpha value is -3.11. The van der Waals surface area contributed by atoms with Gasteiger partial charge in [-0.1, -0.05) is 72.3 Å². The minimum absolute atomic E-state index is 0.0523. The largest absolute Gasteiger partial charge is 0.444 e. The second kappa shape index (κ2) is 9.89. The molecule has 0 aromatic heterocycles. The number of rotatable bonds is 7. The van der Waals surface area contributed by atoms with Crippen molar-refractivity contribution >= 4 is 29.2 Å². The molecule has 1 unspecified atom stereocenters. The van der Waals surface area contributed by atoms with Gasteiger partial charge in [-0.05, 0) is 41.8 Å². The number of ketones is 1. The van der Waals surface area contributed by atoms with Crippen LogP contribution < -0.4 is 5.32 Å². The Balaban J connectivity index is 1.84. The molecule has 0 saturated heterocycles. The number of amides is 1. The van der Waals surface area contributed by atoms with Crippen LogP contribution >= 0.6 is 11.6 Å². The highest BCUT2D eigenvalue weighted by Crippen LogP contribution is 2.35. The number of anilines is 1. The van der Waals surface area contributed by atoms with Gasteiger partial charge in [0.25, 0.3) is 0 Å². The third-order valence-electron chi connectivity index (χ3n) is 4.53. The van der Waals surface area contributed by atoms with Gasteiger partial charge in [0.1, 0.15) is 12.4 Å². The maximum absolute atomic E-state index is 12.4. The number of carbonyl (C=O) groups is 2. The number of ether oxygens (including phenoxy) is 1. The van der Waals surface area contributed by atoms with Crippen LogP contribution in [0, 0.1) is 0 Å². The summed E-state index contributed by atoms with van der Waals surface area (Å²) in [4.78, 5) is 24.3. The van der Waals surface area contributed by atoms with Gasteiger partial charge in [-0.25, -0.2) is 4.79 Å². The predicted molar refractivity (Wildman–Crippen MR) is 115 cm³/mol. The molecule has 1 amide bonds. The van der Waals surface area contributed by atoms with Gasteiger partial charge in [-0.3, -0.25) is 10.1 Å². The van der Waals surface area contributed by atoms with Crippen molar-refractivity contribution in [2.75, 3.05) is 5.32 Å². The number of halogens is 1. The molecule has 1 N–H and O–H groups in total. The molecule has 29 heavy (non-hydrogen) atoms. The van der Waals surface area contributed by atoms with Crippen molar-refractivity contribution < 1.29 is 14.3 Å². The van der Waals surface area contributed by atoms with Crippen LogP contribution in [0.2, 0.25) is 5.02 Å². The van der Waals surface area contributed by atoms with Gasteiger partial charge in [0.2, 0.25) is 0 Å². The molecule has 0 aliphatic carbocycles. The van der Waals surface area contributed by atoms with Gasteiger partial charge < -0.3 is 4.74 Å². The van der Waals surface area contributed by atoms with Crippen LogP contribution in [-0.4, -0.2) is 11.9 Å². The fourth-order valence-corrected chi connectivity index (χ4v) is 3.37. The van der Waals surface area contributed by atoms with Crippen molar-refractivity contribution in [1.82, 2.24) is 0 Å². The molecule has 0 fully saturated rings. The Morgan fingerprint density at radius 3 is 2.28 bits per heavy atom. The monoisotopic (exact) mass is 407 g/mol. The normalized spacial score (nSPS) is 11.5. The van der Waals surface area contributed by atoms with Crippen molar-refractivity contribution in [3.8, 4) is 0 Å². The number of hydrogen-bond donors (Lipinski definition) is 1. The lowest BCUT2D eigenvalue weighted by Gasteiger charge is -2.21. The van der Waals surface area contributed by atoms with Crippen LogP contribution in [0.15, 0.2) is 78.9 Å². The fraction of sp³-hybridized carbons (Fsp3) is 0.167. The standard InChI is InChI=1S/C24H22ClNO3/c1-17(27)14-21(19-10-6-3-7-11-19)22-15-20(25)12-13-23(22)26-24(28)29-16-18-8-4-2-5-9-18/h2-13,15,21H,14,16H2,1H3,(H,26,28). The molecule has 3 aromatic carbocycles. The highest BCUT2D eigenvalue weighted by molar-refractivity contribution is 6.30. The molecule has 5 heteroatoms. The van der Waals surface area contributed by atoms with Crippen LogP contribution in [0.1, 0.15) is 36.0 Å². The van der Waals surface area contributed by atoms with E-state index in [2.05, 4.69) is 5.32 Å². The third-order valence-corrected chi connectivity index (χ3v) is 4.77. The molecule has 0 aliphatic rings. The molecule has 0 aliphatic heterocycles. The van der Waals surface area contributed by atoms with Crippen LogP contribution in [0.4, 0.5) is 10.5 Å². The number of nitrogens with one attached hydrogen (secondary N) is 1. The third kappa shape index (κ3) is 5.93. The Morgan fingerprint density at radius 1 is 0.966 bits per heavy atom. The first-order chi connectivity index (χ1) is 14.0. The van der Waals surface area contributed by atoms with E-state index in [0.717, 1.165) is 16.7 Å². The molecule has 0 bridgehead atoms. The van der Waals surface area contributed by atoms with E-state index >= 15 is 0 Å². The molecule has 3 rings (SSSR count). The van der Waals surface area contributed by atoms with E-state index in [1.54, 1.807) is 25.1 Å². The SMILES string of the molecule is CC(=O)CC(c1ccccc1)c1cc(Cl)ccc1NC(=O)OCc1ccccc1. The molecule has 0 radical (unpaired) electrons. The smallest absolute Gasteiger partial charge is 0.411 e. The highest BCUT2D eigenvalue weighted by Gasteiger charge is 2.21. The quantitative estimate of drug-likeness (QED) is 0.507. The summed E-state index contributed by atoms with van der Waals surface area (Å²) in [7, 11) is 0. The van der Waals surface area contributed by atoms with Crippen LogP contribution in [0.3, 0.4) is 0 Å². The molecule has 1 atom stereocenters. The number of hydrogen-bond acceptors (Lipinski definition) is 3. The maximum atomic E-state index is 12.4. The molecule has 3 aromatic rings. The van der Waals surface area contributed by atoms with Gasteiger partial charge in [-0.2, -0.15) is 0 Å². The Labute approximate surface area is 175 Å². The van der Waals surface area contributed by atoms with E-state index in [1.165, 1.54) is 0 Å². The minimum atomic E-state index is -0.563. The molecule has 148 valence electrons. The van der Waals surface area contributed by atoms with E-state index in [4.69, 9.17) is 16.3 Å². The first kappa shape index (κ1) is 20.6. The van der Waals surface area contributed by atoms with E-state index in [9.17, 15) is 9.59 Å². The van der Waals surface area contributed by atoms with Gasteiger partial charge >= 0.3 is 6.09 Å². The predicted octanol–water partition coefficient (Wildman–Crippen LogP) is 6.20. The first-order valence-corrected chi connectivity index (χ1v) is 9.72. The summed E-state index contributed by atoms with van der Waals surface area (Å²) in [6, 6.07) is 24.4. The molecule has 4 nitrogen and oxygen atoms in total. The second-order valence-electron chi connectivity index (χ2n) is 6.79. The van der Waals surface area contributed by atoms with Crippen molar-refractivity contribution in [2.45, 2.75) is 25.9 Å². The average molecular weight is 408 g/mol. The zero-order chi connectivity index (χ0) is 20.6. The first-order valence-electron chi connectivity index (χ1n) is 9.34. The van der Waals surface area contributed by atoms with Gasteiger partial charge in [0.05, 0.1) is 0 Å². The Morgan fingerprint density at radius 2 is 1.62 bits per heavy atom. The summed E-state index contributed by atoms with van der Waals surface area (Å²) >= 11 is 6.23. The summed E-state index contributed by atoms with van der Waals surface area (Å²) in [5, 5.41) is 3.34. The van der Waals surface area contributed by atoms with E-state index in [0.29, 0.717) is 17.1 Å². The van der Waals surface area contributed by atoms with Crippen LogP contribution in [0.5, 0.6) is 0 Å². The lowest BCUT2D eigenvalue weighted by Crippen LogP contribution is -2.16. The average Bonchev–Trinajstić information content (AvgIpc) is 2.73. The highest BCUT2D eigenvalue weighted by atomic mass is 35.5. The van der Waals surface area contributed by atoms with Crippen molar-refractivity contribution in [2.24, 2.45) is 0 Å². The lowest BCUT2D eigenvalue weighted by atomic mass is 9.86. The zero-order valence-corrected chi connectivity index (χ0v) is 16.9. The Bertz CT molecular complexity index is 974. The lowest BCUT2D eigenvalue weighted by molar-refractivity contribution is -0.117. The second-order valence-corrected chi connectivity index (χ2v) is 7.22. The van der Waals surface area contributed by atoms with E-state index in [1.807, 2.05) is 60.7 Å². The number of benzene rings is 3. The molecule has 0 heterocycles. The summed E-state index contributed by atoms with van der Waals surface area (Å²) < 4.78 is 5.33. The number of Topliss-reactive ketones (excluding diaryl/α,β-unsaturated/α-hetero) is 1. The van der Waals surface area contributed by atoms with E-state index in [-0.39, 0.29) is 18.3 Å². The summed E-state index contributed by atoms with van der Waals surface area (Å²) in [5.41, 5.74) is 3.22. The van der Waals surface area contributed by atoms with E-state index < -0.39 is 6.09 Å². The summed E-state index contributed by atoms with van der Waals surface area (Å²) in [6.45, 7) is 1.73. The fourth-order valence-electron chi connectivity index (χ4n) is 3.19. The van der Waals surface area contributed by atoms with Crippen molar-refractivity contribution in [3.05, 3.63) is 101 Å². The summed E-state index contributed by atoms with van der Waals surface area (Å²) in [6.07, 6.45) is -0.259. The Kier molecular flexibility index (Phi) is 7.04. The summed E-state index contributed by atoms with van der Waals surface area (Å²) in [5.74, 6) is -0.173. The molecular formula is C24H22ClNO3. The van der Waals surface area contributed by atoms with Gasteiger partial charge in [0, 0.05) is 23.0 Å². The minimum Gasteiger partial charge on any atom is -0.444 e. The molecule has 0 saturated carbocycles. The zero-order valence-electron chi connectivity index (χ0n) is 16.1.